The Balaban J connectivity index is 2.58. The van der Waals surface area contributed by atoms with Crippen LogP contribution in [0, 0.1) is 35.3 Å². The molecule has 0 aliphatic rings. The van der Waals surface area contributed by atoms with Gasteiger partial charge in [-0.2, -0.15) is 0 Å². The van der Waals surface area contributed by atoms with E-state index >= 15 is 0 Å². The molecule has 1 atom stereocenters. The fourth-order valence-corrected chi connectivity index (χ4v) is 2.31. The molecule has 1 aromatic carbocycles. The molecule has 116 valence electrons. The van der Waals surface area contributed by atoms with Crippen LogP contribution in [0.4, 0.5) is 8.78 Å². The average Bonchev–Trinajstić information content (AvgIpc) is 2.53. The Morgan fingerprint density at radius 1 is 1.17 bits per heavy atom. The minimum Gasteiger partial charge on any atom is -0.318 e. The maximum atomic E-state index is 14.2. The first kappa shape index (κ1) is 16.5. The summed E-state index contributed by atoms with van der Waals surface area (Å²) in [6.45, 7) is 1.66. The van der Waals surface area contributed by atoms with Crippen molar-refractivity contribution in [3.8, 4) is 23.7 Å². The van der Waals surface area contributed by atoms with E-state index in [1.165, 1.54) is 4.57 Å². The average molecular weight is 311 g/mol. The van der Waals surface area contributed by atoms with E-state index in [-0.39, 0.29) is 17.5 Å². The summed E-state index contributed by atoms with van der Waals surface area (Å²) in [7, 11) is 1.61. The lowest BCUT2D eigenvalue weighted by Crippen LogP contribution is -2.23. The van der Waals surface area contributed by atoms with Gasteiger partial charge >= 0.3 is 0 Å². The van der Waals surface area contributed by atoms with E-state index < -0.39 is 17.6 Å². The number of benzene rings is 1. The van der Waals surface area contributed by atoms with E-state index in [0.717, 1.165) is 18.2 Å². The van der Waals surface area contributed by atoms with Gasteiger partial charge in [0, 0.05) is 31.1 Å². The standard InChI is InChI=1S/C19H15F2NO/c1-3-4-5-6-8-15(16-9-7-12-22(2)19(16)23)17-13-14(20)10-11-18(17)21/h7,9-13,15H,8H2,1-2H3. The van der Waals surface area contributed by atoms with Gasteiger partial charge in [0.05, 0.1) is 0 Å². The van der Waals surface area contributed by atoms with Crippen molar-refractivity contribution < 1.29 is 8.78 Å². The van der Waals surface area contributed by atoms with Crippen molar-refractivity contribution in [2.45, 2.75) is 19.3 Å². The molecule has 2 aromatic rings. The van der Waals surface area contributed by atoms with Crippen molar-refractivity contribution in [3.63, 3.8) is 0 Å². The molecule has 0 fully saturated rings. The number of hydrogen-bond acceptors (Lipinski definition) is 1. The summed E-state index contributed by atoms with van der Waals surface area (Å²) < 4.78 is 29.1. The number of aryl methyl sites for hydroxylation is 1. The molecular weight excluding hydrogens is 296 g/mol. The SMILES string of the molecule is CC#CC#CCC(c1cc(F)ccc1F)c1cccn(C)c1=O. The highest BCUT2D eigenvalue weighted by atomic mass is 19.1. The summed E-state index contributed by atoms with van der Waals surface area (Å²) >= 11 is 0. The van der Waals surface area contributed by atoms with Crippen molar-refractivity contribution in [2.75, 3.05) is 0 Å². The number of aromatic nitrogens is 1. The third-order valence-electron chi connectivity index (χ3n) is 3.44. The molecule has 23 heavy (non-hydrogen) atoms. The highest BCUT2D eigenvalue weighted by Gasteiger charge is 2.21. The molecule has 0 spiro atoms. The Morgan fingerprint density at radius 3 is 2.70 bits per heavy atom. The lowest BCUT2D eigenvalue weighted by atomic mass is 9.89. The van der Waals surface area contributed by atoms with Crippen LogP contribution < -0.4 is 5.56 Å². The number of pyridine rings is 1. The van der Waals surface area contributed by atoms with Gasteiger partial charge in [0.1, 0.15) is 11.6 Å². The lowest BCUT2D eigenvalue weighted by Gasteiger charge is -2.16. The predicted octanol–water partition coefficient (Wildman–Crippen LogP) is 3.21. The molecule has 4 heteroatoms. The van der Waals surface area contributed by atoms with Crippen LogP contribution >= 0.6 is 0 Å². The first-order chi connectivity index (χ1) is 11.0. The Morgan fingerprint density at radius 2 is 1.96 bits per heavy atom. The first-order valence-electron chi connectivity index (χ1n) is 7.04. The zero-order chi connectivity index (χ0) is 16.8. The molecule has 1 heterocycles. The normalized spacial score (nSPS) is 11.0. The highest BCUT2D eigenvalue weighted by molar-refractivity contribution is 5.35. The molecule has 2 rings (SSSR count). The summed E-state index contributed by atoms with van der Waals surface area (Å²) in [5.41, 5.74) is 0.231. The van der Waals surface area contributed by atoms with Gasteiger partial charge in [0.25, 0.3) is 5.56 Å². The lowest BCUT2D eigenvalue weighted by molar-refractivity contribution is 0.574. The Hall–Kier alpha value is -2.85. The molecule has 1 aromatic heterocycles. The van der Waals surface area contributed by atoms with Gasteiger partial charge in [0.2, 0.25) is 0 Å². The minimum atomic E-state index is -0.656. The molecular formula is C19H15F2NO. The topological polar surface area (TPSA) is 22.0 Å². The van der Waals surface area contributed by atoms with Crippen molar-refractivity contribution in [2.24, 2.45) is 7.05 Å². The van der Waals surface area contributed by atoms with Crippen LogP contribution in [0.15, 0.2) is 41.3 Å². The van der Waals surface area contributed by atoms with Crippen LogP contribution in [-0.2, 0) is 7.05 Å². The molecule has 0 N–H and O–H groups in total. The van der Waals surface area contributed by atoms with Gasteiger partial charge < -0.3 is 4.57 Å². The first-order valence-corrected chi connectivity index (χ1v) is 7.04. The van der Waals surface area contributed by atoms with Gasteiger partial charge in [0.15, 0.2) is 0 Å². The van der Waals surface area contributed by atoms with Gasteiger partial charge in [-0.15, -0.1) is 0 Å². The maximum absolute atomic E-state index is 14.2. The minimum absolute atomic E-state index is 0.118. The van der Waals surface area contributed by atoms with Crippen molar-refractivity contribution in [3.05, 3.63) is 69.6 Å². The molecule has 1 unspecified atom stereocenters. The zero-order valence-electron chi connectivity index (χ0n) is 12.9. The van der Waals surface area contributed by atoms with E-state index in [1.807, 2.05) is 0 Å². The molecule has 2 nitrogen and oxygen atoms in total. The van der Waals surface area contributed by atoms with E-state index in [9.17, 15) is 13.6 Å². The maximum Gasteiger partial charge on any atom is 0.254 e. The van der Waals surface area contributed by atoms with Gasteiger partial charge in [-0.1, -0.05) is 17.9 Å². The molecule has 0 bridgehead atoms. The quantitative estimate of drug-likeness (QED) is 0.798. The summed E-state index contributed by atoms with van der Waals surface area (Å²) in [4.78, 5) is 12.3. The number of hydrogen-bond donors (Lipinski definition) is 0. The van der Waals surface area contributed by atoms with E-state index in [1.54, 1.807) is 32.3 Å². The second kappa shape index (κ2) is 7.42. The van der Waals surface area contributed by atoms with Gasteiger partial charge in [-0.3, -0.25) is 4.79 Å². The second-order valence-corrected chi connectivity index (χ2v) is 4.98. The summed E-state index contributed by atoms with van der Waals surface area (Å²) in [6, 6.07) is 6.53. The summed E-state index contributed by atoms with van der Waals surface area (Å²) in [6.07, 6.45) is 1.79. The third kappa shape index (κ3) is 3.87. The molecule has 0 radical (unpaired) electrons. The van der Waals surface area contributed by atoms with E-state index in [2.05, 4.69) is 23.7 Å². The van der Waals surface area contributed by atoms with Crippen LogP contribution in [0.2, 0.25) is 0 Å². The summed E-state index contributed by atoms with van der Waals surface area (Å²) in [5.74, 6) is 8.91. The van der Waals surface area contributed by atoms with Crippen LogP contribution in [0.5, 0.6) is 0 Å². The van der Waals surface area contributed by atoms with Gasteiger partial charge in [-0.25, -0.2) is 8.78 Å². The Bertz CT molecular complexity index is 891. The molecule has 0 aliphatic heterocycles. The molecule has 0 saturated carbocycles. The van der Waals surface area contributed by atoms with Crippen LogP contribution in [0.25, 0.3) is 0 Å². The number of nitrogens with zero attached hydrogens (tertiary/aromatic N) is 1. The van der Waals surface area contributed by atoms with Gasteiger partial charge in [-0.05, 0) is 48.6 Å². The molecule has 0 saturated heterocycles. The largest absolute Gasteiger partial charge is 0.318 e. The highest BCUT2D eigenvalue weighted by Crippen LogP contribution is 2.28. The van der Waals surface area contributed by atoms with Crippen molar-refractivity contribution >= 4 is 0 Å². The van der Waals surface area contributed by atoms with Crippen molar-refractivity contribution in [1.29, 1.82) is 0 Å². The smallest absolute Gasteiger partial charge is 0.254 e. The van der Waals surface area contributed by atoms with Crippen LogP contribution in [0.1, 0.15) is 30.4 Å². The monoisotopic (exact) mass is 311 g/mol. The van der Waals surface area contributed by atoms with Crippen LogP contribution in [0.3, 0.4) is 0 Å². The Kier molecular flexibility index (Phi) is 5.33. The fourth-order valence-electron chi connectivity index (χ4n) is 2.31. The molecule has 0 amide bonds. The summed E-state index contributed by atoms with van der Waals surface area (Å²) in [5, 5.41) is 0. The number of rotatable bonds is 3. The zero-order valence-corrected chi connectivity index (χ0v) is 12.9. The predicted molar refractivity (Wildman–Crippen MR) is 85.7 cm³/mol. The molecule has 0 aliphatic carbocycles. The number of halogens is 2. The Labute approximate surface area is 133 Å². The fraction of sp³-hybridized carbons (Fsp3) is 0.211. The second-order valence-electron chi connectivity index (χ2n) is 4.98. The van der Waals surface area contributed by atoms with E-state index in [4.69, 9.17) is 0 Å². The van der Waals surface area contributed by atoms with Crippen molar-refractivity contribution in [1.82, 2.24) is 4.57 Å². The van der Waals surface area contributed by atoms with E-state index in [0.29, 0.717) is 5.56 Å². The third-order valence-corrected chi connectivity index (χ3v) is 3.44. The van der Waals surface area contributed by atoms with Crippen LogP contribution in [-0.4, -0.2) is 4.57 Å².